The molecule has 8 heteroatoms. The zero-order valence-electron chi connectivity index (χ0n) is 18.5. The van der Waals surface area contributed by atoms with Crippen LogP contribution in [0, 0.1) is 11.8 Å². The number of benzene rings is 1. The van der Waals surface area contributed by atoms with Gasteiger partial charge >= 0.3 is 0 Å². The van der Waals surface area contributed by atoms with E-state index < -0.39 is 0 Å². The van der Waals surface area contributed by atoms with Crippen LogP contribution in [0.1, 0.15) is 24.0 Å². The van der Waals surface area contributed by atoms with Crippen LogP contribution in [0.2, 0.25) is 0 Å². The Labute approximate surface area is 190 Å². The number of nitrogens with one attached hydrogen (secondary N) is 1. The van der Waals surface area contributed by atoms with Crippen molar-refractivity contribution >= 4 is 16.9 Å². The third-order valence-corrected chi connectivity index (χ3v) is 6.68. The smallest absolute Gasteiger partial charge is 0.260 e. The Kier molecular flexibility index (Phi) is 4.74. The molecule has 0 spiro atoms. The molecule has 0 bridgehead atoms. The van der Waals surface area contributed by atoms with Gasteiger partial charge < -0.3 is 18.9 Å². The quantitative estimate of drug-likeness (QED) is 0.562. The number of rotatable bonds is 7. The molecule has 170 valence electrons. The van der Waals surface area contributed by atoms with E-state index in [1.807, 2.05) is 21.7 Å². The average Bonchev–Trinajstić information content (AvgIpc) is 3.75. The number of aromatic amines is 1. The van der Waals surface area contributed by atoms with E-state index in [1.165, 1.54) is 12.8 Å². The minimum atomic E-state index is -0.224. The fourth-order valence-electron chi connectivity index (χ4n) is 4.44. The monoisotopic (exact) mass is 446 g/mol. The van der Waals surface area contributed by atoms with Crippen molar-refractivity contribution in [3.8, 4) is 11.5 Å². The number of hydrogen-bond donors (Lipinski definition) is 1. The first-order valence-electron chi connectivity index (χ1n) is 11.5. The van der Waals surface area contributed by atoms with Crippen molar-refractivity contribution in [3.63, 3.8) is 0 Å². The maximum atomic E-state index is 12.9. The lowest BCUT2D eigenvalue weighted by atomic mass is 10.0. The van der Waals surface area contributed by atoms with E-state index >= 15 is 0 Å². The number of aromatic nitrogens is 3. The molecule has 6 rings (SSSR count). The molecule has 2 aromatic heterocycles. The van der Waals surface area contributed by atoms with Crippen molar-refractivity contribution in [3.05, 3.63) is 68.4 Å². The number of H-pyrrole nitrogens is 1. The van der Waals surface area contributed by atoms with Crippen LogP contribution in [0.5, 0.6) is 11.5 Å². The van der Waals surface area contributed by atoms with Crippen molar-refractivity contribution in [1.29, 1.82) is 0 Å². The van der Waals surface area contributed by atoms with Gasteiger partial charge in [0.15, 0.2) is 11.5 Å². The first-order chi connectivity index (χ1) is 16.1. The largest absolute Gasteiger partial charge is 0.493 e. The van der Waals surface area contributed by atoms with Crippen LogP contribution >= 0.6 is 0 Å². The normalized spacial score (nSPS) is 17.3. The Morgan fingerprint density at radius 1 is 1.18 bits per heavy atom. The van der Waals surface area contributed by atoms with Crippen LogP contribution in [0.15, 0.2) is 46.1 Å². The average molecular weight is 447 g/mol. The molecule has 1 aliphatic heterocycles. The Morgan fingerprint density at radius 3 is 2.79 bits per heavy atom. The molecule has 8 nitrogen and oxygen atoms in total. The zero-order valence-corrected chi connectivity index (χ0v) is 18.5. The summed E-state index contributed by atoms with van der Waals surface area (Å²) in [6.45, 7) is 2.51. The highest BCUT2D eigenvalue weighted by Crippen LogP contribution is 2.33. The van der Waals surface area contributed by atoms with Crippen molar-refractivity contribution in [2.24, 2.45) is 11.8 Å². The summed E-state index contributed by atoms with van der Waals surface area (Å²) >= 11 is 0. The van der Waals surface area contributed by atoms with E-state index in [0.29, 0.717) is 66.3 Å². The lowest BCUT2D eigenvalue weighted by Gasteiger charge is -2.29. The molecule has 1 aromatic carbocycles. The maximum Gasteiger partial charge on any atom is 0.260 e. The van der Waals surface area contributed by atoms with Gasteiger partial charge in [-0.2, -0.15) is 0 Å². The van der Waals surface area contributed by atoms with Gasteiger partial charge in [-0.3, -0.25) is 14.6 Å². The highest BCUT2D eigenvalue weighted by atomic mass is 16.5. The van der Waals surface area contributed by atoms with E-state index in [1.54, 1.807) is 19.2 Å². The topological polar surface area (TPSA) is 89.5 Å². The molecular formula is C25H26N4O4. The van der Waals surface area contributed by atoms with Crippen LogP contribution in [-0.2, 0) is 19.5 Å². The summed E-state index contributed by atoms with van der Waals surface area (Å²) < 4.78 is 13.2. The molecule has 0 saturated heterocycles. The molecule has 0 radical (unpaired) electrons. The number of methoxy groups -OCH3 is 1. The van der Waals surface area contributed by atoms with Crippen LogP contribution in [-0.4, -0.2) is 34.8 Å². The Morgan fingerprint density at radius 2 is 2.03 bits per heavy atom. The predicted octanol–water partition coefficient (Wildman–Crippen LogP) is 2.63. The number of nitrogens with zero attached hydrogens (tertiary/aromatic N) is 3. The highest BCUT2D eigenvalue weighted by Gasteiger charge is 2.25. The van der Waals surface area contributed by atoms with Gasteiger partial charge in [-0.05, 0) is 42.9 Å². The molecular weight excluding hydrogens is 420 g/mol. The van der Waals surface area contributed by atoms with E-state index in [0.717, 1.165) is 17.7 Å². The van der Waals surface area contributed by atoms with Gasteiger partial charge in [-0.25, -0.2) is 4.98 Å². The van der Waals surface area contributed by atoms with Crippen LogP contribution in [0.4, 0.5) is 5.95 Å². The van der Waals surface area contributed by atoms with Crippen LogP contribution < -0.4 is 25.5 Å². The third kappa shape index (κ3) is 3.90. The second-order valence-corrected chi connectivity index (χ2v) is 9.16. The Bertz CT molecular complexity index is 1380. The SMILES string of the molecule is COc1cc2nc(N3CCc4c(ccn(CC5CC5)c4=O)C3)[nH]c(=O)c2cc1OCC1C=C1. The first kappa shape index (κ1) is 20.1. The molecule has 33 heavy (non-hydrogen) atoms. The standard InChI is InChI=1S/C25H26N4O4/c1-32-21-11-20-19(10-22(21)33-14-16-4-5-16)23(30)27-25(26-20)29-9-7-18-17(13-29)6-8-28(24(18)31)12-15-2-3-15/h4-6,8,10-11,15-16H,2-3,7,9,12-14H2,1H3,(H,26,27,30). The zero-order chi connectivity index (χ0) is 22.5. The summed E-state index contributed by atoms with van der Waals surface area (Å²) in [4.78, 5) is 35.5. The minimum absolute atomic E-state index is 0.123. The summed E-state index contributed by atoms with van der Waals surface area (Å²) in [7, 11) is 1.58. The molecule has 0 amide bonds. The second-order valence-electron chi connectivity index (χ2n) is 9.16. The van der Waals surface area contributed by atoms with Gasteiger partial charge in [0.25, 0.3) is 11.1 Å². The van der Waals surface area contributed by atoms with Crippen molar-refractivity contribution < 1.29 is 9.47 Å². The van der Waals surface area contributed by atoms with Gasteiger partial charge in [0, 0.05) is 43.4 Å². The van der Waals surface area contributed by atoms with E-state index in [2.05, 4.69) is 17.1 Å². The summed E-state index contributed by atoms with van der Waals surface area (Å²) in [5.74, 6) is 2.59. The third-order valence-electron chi connectivity index (χ3n) is 6.68. The molecule has 1 N–H and O–H groups in total. The van der Waals surface area contributed by atoms with Crippen molar-refractivity contribution in [2.45, 2.75) is 32.4 Å². The van der Waals surface area contributed by atoms with E-state index in [4.69, 9.17) is 14.5 Å². The number of fused-ring (bicyclic) bond motifs is 2. The van der Waals surface area contributed by atoms with Crippen LogP contribution in [0.3, 0.4) is 0 Å². The molecule has 2 aliphatic carbocycles. The van der Waals surface area contributed by atoms with Gasteiger partial charge in [0.05, 0.1) is 24.6 Å². The lowest BCUT2D eigenvalue weighted by Crippen LogP contribution is -2.37. The van der Waals surface area contributed by atoms with Gasteiger partial charge in [-0.1, -0.05) is 12.2 Å². The molecule has 1 saturated carbocycles. The van der Waals surface area contributed by atoms with E-state index in [-0.39, 0.29) is 11.1 Å². The molecule has 3 heterocycles. The number of ether oxygens (including phenoxy) is 2. The second kappa shape index (κ2) is 7.79. The highest BCUT2D eigenvalue weighted by molar-refractivity contribution is 5.82. The predicted molar refractivity (Wildman–Crippen MR) is 125 cm³/mol. The first-order valence-corrected chi connectivity index (χ1v) is 11.5. The Hall–Kier alpha value is -3.55. The summed E-state index contributed by atoms with van der Waals surface area (Å²) in [6.07, 6.45) is 9.10. The molecule has 3 aromatic rings. The van der Waals surface area contributed by atoms with E-state index in [9.17, 15) is 9.59 Å². The van der Waals surface area contributed by atoms with Gasteiger partial charge in [-0.15, -0.1) is 0 Å². The molecule has 3 aliphatic rings. The molecule has 1 fully saturated rings. The molecule has 0 unspecified atom stereocenters. The minimum Gasteiger partial charge on any atom is -0.493 e. The number of hydrogen-bond acceptors (Lipinski definition) is 6. The molecule has 0 atom stereocenters. The van der Waals surface area contributed by atoms with Gasteiger partial charge in [0.2, 0.25) is 5.95 Å². The number of pyridine rings is 1. The van der Waals surface area contributed by atoms with Gasteiger partial charge in [0.1, 0.15) is 0 Å². The van der Waals surface area contributed by atoms with Crippen molar-refractivity contribution in [1.82, 2.24) is 14.5 Å². The fourth-order valence-corrected chi connectivity index (χ4v) is 4.44. The number of anilines is 1. The fraction of sp³-hybridized carbons (Fsp3) is 0.400. The van der Waals surface area contributed by atoms with Crippen LogP contribution in [0.25, 0.3) is 10.9 Å². The van der Waals surface area contributed by atoms with Crippen molar-refractivity contribution in [2.75, 3.05) is 25.2 Å². The summed E-state index contributed by atoms with van der Waals surface area (Å²) in [6, 6.07) is 5.48. The maximum absolute atomic E-state index is 12.9. The Balaban J connectivity index is 1.29. The lowest BCUT2D eigenvalue weighted by molar-refractivity contribution is 0.288. The summed E-state index contributed by atoms with van der Waals surface area (Å²) in [5.41, 5.74) is 2.32. The summed E-state index contributed by atoms with van der Waals surface area (Å²) in [5, 5.41) is 0.457.